The first kappa shape index (κ1) is 18.0. The molecule has 1 saturated heterocycles. The lowest BCUT2D eigenvalue weighted by molar-refractivity contribution is -0.122. The summed E-state index contributed by atoms with van der Waals surface area (Å²) in [7, 11) is 1.59. The monoisotopic (exact) mass is 374 g/mol. The number of rotatable bonds is 5. The van der Waals surface area contributed by atoms with Crippen molar-refractivity contribution in [1.29, 1.82) is 0 Å². The van der Waals surface area contributed by atoms with Crippen molar-refractivity contribution in [3.05, 3.63) is 66.2 Å². The molecule has 1 aliphatic heterocycles. The second-order valence-corrected chi connectivity index (χ2v) is 7.01. The fourth-order valence-corrected chi connectivity index (χ4v) is 3.50. The Bertz CT molecular complexity index is 1030. The fourth-order valence-electron chi connectivity index (χ4n) is 3.50. The van der Waals surface area contributed by atoms with Gasteiger partial charge in [-0.25, -0.2) is 0 Å². The van der Waals surface area contributed by atoms with Gasteiger partial charge in [0.25, 0.3) is 5.91 Å². The minimum Gasteiger partial charge on any atom is -0.484 e. The number of carbonyl (C=O) groups excluding carboxylic acids is 2. The molecule has 0 bridgehead atoms. The summed E-state index contributed by atoms with van der Waals surface area (Å²) in [5.74, 6) is 0.915. The minimum atomic E-state index is -0.156. The van der Waals surface area contributed by atoms with Gasteiger partial charge in [-0.1, -0.05) is 42.5 Å². The van der Waals surface area contributed by atoms with E-state index < -0.39 is 0 Å². The van der Waals surface area contributed by atoms with Gasteiger partial charge in [0.1, 0.15) is 5.75 Å². The van der Waals surface area contributed by atoms with E-state index in [1.54, 1.807) is 7.05 Å². The van der Waals surface area contributed by atoms with Gasteiger partial charge >= 0.3 is 0 Å². The summed E-state index contributed by atoms with van der Waals surface area (Å²) < 4.78 is 5.51. The molecule has 1 heterocycles. The van der Waals surface area contributed by atoms with Gasteiger partial charge in [-0.2, -0.15) is 0 Å². The van der Waals surface area contributed by atoms with Crippen molar-refractivity contribution in [1.82, 2.24) is 10.6 Å². The van der Waals surface area contributed by atoms with Crippen LogP contribution in [0.2, 0.25) is 0 Å². The summed E-state index contributed by atoms with van der Waals surface area (Å²) in [5.41, 5.74) is 3.47. The summed E-state index contributed by atoms with van der Waals surface area (Å²) >= 11 is 0. The molecule has 0 aromatic heterocycles. The van der Waals surface area contributed by atoms with Crippen LogP contribution in [0.1, 0.15) is 17.9 Å². The molecule has 3 aromatic carbocycles. The van der Waals surface area contributed by atoms with E-state index in [4.69, 9.17) is 4.74 Å². The Morgan fingerprint density at radius 3 is 2.46 bits per heavy atom. The third-order valence-electron chi connectivity index (χ3n) is 5.15. The highest BCUT2D eigenvalue weighted by Crippen LogP contribution is 2.29. The number of likely N-dealkylation sites (N-methyl/N-ethyl adjacent to an activating group) is 1. The molecule has 142 valence electrons. The maximum Gasteiger partial charge on any atom is 0.257 e. The van der Waals surface area contributed by atoms with E-state index in [9.17, 15) is 9.59 Å². The Morgan fingerprint density at radius 1 is 1.04 bits per heavy atom. The summed E-state index contributed by atoms with van der Waals surface area (Å²) in [5, 5.41) is 7.59. The molecule has 5 heteroatoms. The lowest BCUT2D eigenvalue weighted by Crippen LogP contribution is -2.24. The number of fused-ring (bicyclic) bond motifs is 1. The van der Waals surface area contributed by atoms with Crippen molar-refractivity contribution in [3.63, 3.8) is 0 Å². The van der Waals surface area contributed by atoms with Gasteiger partial charge < -0.3 is 15.4 Å². The second kappa shape index (κ2) is 7.72. The van der Waals surface area contributed by atoms with Gasteiger partial charge in [-0.3, -0.25) is 9.59 Å². The molecule has 1 unspecified atom stereocenters. The third kappa shape index (κ3) is 3.83. The van der Waals surface area contributed by atoms with Crippen molar-refractivity contribution in [2.75, 3.05) is 20.2 Å². The normalized spacial score (nSPS) is 16.0. The predicted octanol–water partition coefficient (Wildman–Crippen LogP) is 3.24. The van der Waals surface area contributed by atoms with Crippen LogP contribution in [-0.2, 0) is 9.59 Å². The van der Waals surface area contributed by atoms with Gasteiger partial charge in [0.2, 0.25) is 5.91 Å². The number of benzene rings is 3. The predicted molar refractivity (Wildman–Crippen MR) is 109 cm³/mol. The van der Waals surface area contributed by atoms with Crippen LogP contribution in [-0.4, -0.2) is 32.0 Å². The minimum absolute atomic E-state index is 0.00848. The van der Waals surface area contributed by atoms with Gasteiger partial charge in [-0.05, 0) is 45.7 Å². The van der Waals surface area contributed by atoms with Gasteiger partial charge in [0.05, 0.1) is 0 Å². The third-order valence-corrected chi connectivity index (χ3v) is 5.15. The zero-order valence-corrected chi connectivity index (χ0v) is 15.7. The van der Waals surface area contributed by atoms with Crippen LogP contribution in [0.4, 0.5) is 0 Å². The molecule has 0 aliphatic carbocycles. The highest BCUT2D eigenvalue weighted by atomic mass is 16.5. The molecule has 1 aliphatic rings. The average Bonchev–Trinajstić information content (AvgIpc) is 3.18. The molecule has 4 rings (SSSR count). The molecule has 0 radical (unpaired) electrons. The molecule has 3 aromatic rings. The van der Waals surface area contributed by atoms with Crippen LogP contribution < -0.4 is 15.4 Å². The molecule has 1 atom stereocenters. The molecule has 28 heavy (non-hydrogen) atoms. The van der Waals surface area contributed by atoms with Crippen LogP contribution in [0.5, 0.6) is 5.75 Å². The van der Waals surface area contributed by atoms with Crippen molar-refractivity contribution in [2.45, 2.75) is 12.3 Å². The molecule has 2 amide bonds. The molecule has 5 nitrogen and oxygen atoms in total. The topological polar surface area (TPSA) is 67.4 Å². The van der Waals surface area contributed by atoms with Gasteiger partial charge in [-0.15, -0.1) is 0 Å². The first-order valence-electron chi connectivity index (χ1n) is 9.36. The standard InChI is InChI=1S/C23H22N2O3/c1-24-23(27)14-28-21-9-8-18-10-17(6-7-19(18)11-21)15-2-4-16(5-3-15)20-12-22(26)25-13-20/h2-11,20H,12-14H2,1H3,(H,24,27)(H,25,26). The van der Waals surface area contributed by atoms with Crippen molar-refractivity contribution in [2.24, 2.45) is 0 Å². The van der Waals surface area contributed by atoms with Crippen LogP contribution in [0.3, 0.4) is 0 Å². The smallest absolute Gasteiger partial charge is 0.257 e. The van der Waals surface area contributed by atoms with E-state index >= 15 is 0 Å². The first-order valence-corrected chi connectivity index (χ1v) is 9.36. The second-order valence-electron chi connectivity index (χ2n) is 7.01. The quantitative estimate of drug-likeness (QED) is 0.720. The molecular formula is C23H22N2O3. The van der Waals surface area contributed by atoms with Crippen LogP contribution in [0.15, 0.2) is 60.7 Å². The fraction of sp³-hybridized carbons (Fsp3) is 0.217. The van der Waals surface area contributed by atoms with E-state index in [0.717, 1.165) is 28.4 Å². The largest absolute Gasteiger partial charge is 0.484 e. The zero-order valence-electron chi connectivity index (χ0n) is 15.7. The lowest BCUT2D eigenvalue weighted by Gasteiger charge is -2.10. The number of ether oxygens (including phenoxy) is 1. The zero-order chi connectivity index (χ0) is 19.5. The number of hydrogen-bond donors (Lipinski definition) is 2. The Hall–Kier alpha value is -3.34. The van der Waals surface area contributed by atoms with E-state index in [-0.39, 0.29) is 24.3 Å². The van der Waals surface area contributed by atoms with E-state index in [1.807, 2.05) is 18.2 Å². The summed E-state index contributed by atoms with van der Waals surface area (Å²) in [4.78, 5) is 22.7. The van der Waals surface area contributed by atoms with Crippen molar-refractivity contribution < 1.29 is 14.3 Å². The Balaban J connectivity index is 1.52. The average molecular weight is 374 g/mol. The number of amides is 2. The molecule has 2 N–H and O–H groups in total. The number of carbonyl (C=O) groups is 2. The van der Waals surface area contributed by atoms with E-state index in [0.29, 0.717) is 12.2 Å². The van der Waals surface area contributed by atoms with Crippen LogP contribution in [0, 0.1) is 0 Å². The number of nitrogens with one attached hydrogen (secondary N) is 2. The van der Waals surface area contributed by atoms with Crippen molar-refractivity contribution >= 4 is 22.6 Å². The summed E-state index contributed by atoms with van der Waals surface area (Å²) in [6, 6.07) is 20.6. The molecule has 1 fully saturated rings. The van der Waals surface area contributed by atoms with E-state index in [2.05, 4.69) is 53.1 Å². The summed E-state index contributed by atoms with van der Waals surface area (Å²) in [6.07, 6.45) is 0.569. The Kier molecular flexibility index (Phi) is 4.98. The number of hydrogen-bond acceptors (Lipinski definition) is 3. The molecule has 0 spiro atoms. The van der Waals surface area contributed by atoms with Gasteiger partial charge in [0.15, 0.2) is 6.61 Å². The van der Waals surface area contributed by atoms with Crippen LogP contribution in [0.25, 0.3) is 21.9 Å². The summed E-state index contributed by atoms with van der Waals surface area (Å²) in [6.45, 7) is 0.729. The SMILES string of the molecule is CNC(=O)COc1ccc2cc(-c3ccc(C4CNC(=O)C4)cc3)ccc2c1. The Morgan fingerprint density at radius 2 is 1.75 bits per heavy atom. The highest BCUT2D eigenvalue weighted by Gasteiger charge is 2.22. The maximum absolute atomic E-state index is 11.4. The highest BCUT2D eigenvalue weighted by molar-refractivity contribution is 5.88. The molecule has 0 saturated carbocycles. The first-order chi connectivity index (χ1) is 13.6. The van der Waals surface area contributed by atoms with E-state index in [1.165, 1.54) is 5.56 Å². The van der Waals surface area contributed by atoms with Gasteiger partial charge in [0, 0.05) is 25.9 Å². The maximum atomic E-state index is 11.4. The lowest BCUT2D eigenvalue weighted by atomic mass is 9.95. The van der Waals surface area contributed by atoms with Crippen molar-refractivity contribution in [3.8, 4) is 16.9 Å². The molecular weight excluding hydrogens is 352 g/mol. The Labute approximate surface area is 163 Å². The van der Waals surface area contributed by atoms with Crippen LogP contribution >= 0.6 is 0 Å².